The van der Waals surface area contributed by atoms with Gasteiger partial charge in [0.1, 0.15) is 34.6 Å². The van der Waals surface area contributed by atoms with Crippen LogP contribution in [-0.2, 0) is 0 Å². The zero-order valence-corrected chi connectivity index (χ0v) is 20.3. The Kier molecular flexibility index (Phi) is 7.76. The Morgan fingerprint density at radius 2 is 1.64 bits per heavy atom. The van der Waals surface area contributed by atoms with Crippen LogP contribution in [0.5, 0.6) is 23.0 Å². The van der Waals surface area contributed by atoms with E-state index >= 15 is 0 Å². The molecule has 7 nitrogen and oxygen atoms in total. The van der Waals surface area contributed by atoms with Gasteiger partial charge in [-0.25, -0.2) is 4.79 Å². The van der Waals surface area contributed by atoms with Crippen LogP contribution < -0.4 is 24.7 Å². The Bertz CT molecular complexity index is 1310. The molecule has 1 aliphatic rings. The third-order valence-electron chi connectivity index (χ3n) is 5.66. The van der Waals surface area contributed by atoms with Crippen LogP contribution in [0.4, 0.5) is 0 Å². The molecule has 3 aromatic rings. The molecule has 0 spiro atoms. The summed E-state index contributed by atoms with van der Waals surface area (Å²) in [5.41, 5.74) is 8.37. The van der Waals surface area contributed by atoms with E-state index in [1.165, 1.54) is 0 Å². The van der Waals surface area contributed by atoms with Crippen LogP contribution in [0.1, 0.15) is 54.1 Å². The zero-order valence-electron chi connectivity index (χ0n) is 20.3. The van der Waals surface area contributed by atoms with Crippen LogP contribution in [0.3, 0.4) is 0 Å². The summed E-state index contributed by atoms with van der Waals surface area (Å²) in [6.07, 6.45) is 1.75. The molecule has 3 aromatic carbocycles. The van der Waals surface area contributed by atoms with Gasteiger partial charge in [0.05, 0.1) is 24.7 Å². The fourth-order valence-corrected chi connectivity index (χ4v) is 3.95. The van der Waals surface area contributed by atoms with Gasteiger partial charge < -0.3 is 24.7 Å². The molecule has 1 aliphatic heterocycles. The molecule has 0 aliphatic carbocycles. The van der Waals surface area contributed by atoms with E-state index in [1.807, 2.05) is 38.1 Å². The van der Waals surface area contributed by atoms with Gasteiger partial charge in [0.2, 0.25) is 5.88 Å². The highest BCUT2D eigenvalue weighted by Gasteiger charge is 2.33. The third-order valence-corrected chi connectivity index (χ3v) is 5.66. The molecule has 184 valence electrons. The van der Waals surface area contributed by atoms with Crippen molar-refractivity contribution in [2.24, 2.45) is 5.73 Å². The average Bonchev–Trinajstić information content (AvgIpc) is 2.90. The number of para-hydroxylation sites is 1. The van der Waals surface area contributed by atoms with Gasteiger partial charge in [0, 0.05) is 17.2 Å². The highest BCUT2D eigenvalue weighted by Crippen LogP contribution is 2.45. The van der Waals surface area contributed by atoms with Crippen molar-refractivity contribution < 1.29 is 23.7 Å². The second kappa shape index (κ2) is 11.3. The lowest BCUT2D eigenvalue weighted by Gasteiger charge is -2.28. The van der Waals surface area contributed by atoms with Gasteiger partial charge >= 0.3 is 5.97 Å². The van der Waals surface area contributed by atoms with Crippen molar-refractivity contribution in [3.63, 3.8) is 0 Å². The molecule has 0 saturated carbocycles. The van der Waals surface area contributed by atoms with Crippen molar-refractivity contribution >= 4 is 5.97 Å². The second-order valence-electron chi connectivity index (χ2n) is 8.27. The third kappa shape index (κ3) is 5.28. The number of hydrogen-bond donors (Lipinski definition) is 1. The molecular formula is C29H28N2O5. The van der Waals surface area contributed by atoms with Gasteiger partial charge in [-0.2, -0.15) is 5.26 Å². The number of nitriles is 1. The summed E-state index contributed by atoms with van der Waals surface area (Å²) >= 11 is 0. The fourth-order valence-electron chi connectivity index (χ4n) is 3.95. The number of carbonyl (C=O) groups is 1. The minimum absolute atomic E-state index is 0.00596. The van der Waals surface area contributed by atoms with Gasteiger partial charge in [0.15, 0.2) is 0 Å². The Labute approximate surface area is 210 Å². The lowest BCUT2D eigenvalue weighted by Crippen LogP contribution is -2.21. The summed E-state index contributed by atoms with van der Waals surface area (Å²) in [5, 5.41) is 9.87. The monoisotopic (exact) mass is 484 g/mol. The number of nitrogens with two attached hydrogens (primary N) is 1. The molecule has 1 atom stereocenters. The molecule has 1 heterocycles. The Balaban J connectivity index is 1.61. The normalized spacial score (nSPS) is 14.3. The van der Waals surface area contributed by atoms with Crippen LogP contribution in [0.25, 0.3) is 0 Å². The summed E-state index contributed by atoms with van der Waals surface area (Å²) in [6.45, 7) is 5.22. The van der Waals surface area contributed by atoms with Crippen molar-refractivity contribution in [1.82, 2.24) is 0 Å². The van der Waals surface area contributed by atoms with E-state index in [1.54, 1.807) is 42.5 Å². The molecule has 36 heavy (non-hydrogen) atoms. The van der Waals surface area contributed by atoms with Crippen molar-refractivity contribution in [2.75, 3.05) is 13.2 Å². The van der Waals surface area contributed by atoms with Gasteiger partial charge in [-0.3, -0.25) is 0 Å². The lowest BCUT2D eigenvalue weighted by molar-refractivity contribution is 0.0734. The summed E-state index contributed by atoms with van der Waals surface area (Å²) in [5.74, 6) is 1.10. The molecule has 1 unspecified atom stereocenters. The van der Waals surface area contributed by atoms with Gasteiger partial charge in [0.25, 0.3) is 0 Å². The number of ether oxygens (including phenoxy) is 4. The maximum Gasteiger partial charge on any atom is 0.343 e. The van der Waals surface area contributed by atoms with Crippen LogP contribution in [0.2, 0.25) is 0 Å². The number of rotatable bonds is 9. The number of nitrogens with zero attached hydrogens (tertiary/aromatic N) is 1. The summed E-state index contributed by atoms with van der Waals surface area (Å²) in [4.78, 5) is 12.7. The highest BCUT2D eigenvalue weighted by atomic mass is 16.5. The minimum Gasteiger partial charge on any atom is -0.494 e. The van der Waals surface area contributed by atoms with Crippen molar-refractivity contribution in [3.05, 3.63) is 94.9 Å². The Morgan fingerprint density at radius 3 is 2.36 bits per heavy atom. The highest BCUT2D eigenvalue weighted by molar-refractivity contribution is 5.91. The van der Waals surface area contributed by atoms with Crippen LogP contribution >= 0.6 is 0 Å². The standard InChI is InChI=1S/C29H28N2O5/c1-3-15-33-20-11-9-19(10-12-20)29(32)35-21-13-14-23-26(17-21)36-28(31)24(18-30)27(23)22-7-5-6-8-25(22)34-16-4-2/h5-14,17,27H,3-4,15-16,31H2,1-2H3. The smallest absolute Gasteiger partial charge is 0.343 e. The van der Waals surface area contributed by atoms with E-state index in [0.29, 0.717) is 47.3 Å². The topological polar surface area (TPSA) is 104 Å². The first-order valence-electron chi connectivity index (χ1n) is 11.9. The molecule has 2 N–H and O–H groups in total. The SMILES string of the molecule is CCCOc1ccc(C(=O)Oc2ccc3c(c2)OC(N)=C(C#N)C3c2ccccc2OCCC)cc1. The quantitative estimate of drug-likeness (QED) is 0.307. The molecule has 0 radical (unpaired) electrons. The van der Waals surface area contributed by atoms with Gasteiger partial charge in [-0.05, 0) is 49.2 Å². The first-order chi connectivity index (χ1) is 17.5. The minimum atomic E-state index is -0.510. The average molecular weight is 485 g/mol. The van der Waals surface area contributed by atoms with E-state index < -0.39 is 11.9 Å². The number of allylic oxidation sites excluding steroid dienone is 1. The molecule has 0 fully saturated rings. The number of esters is 1. The maximum atomic E-state index is 12.7. The van der Waals surface area contributed by atoms with Crippen molar-refractivity contribution in [1.29, 1.82) is 5.26 Å². The lowest BCUT2D eigenvalue weighted by atomic mass is 9.83. The predicted octanol–water partition coefficient (Wildman–Crippen LogP) is 5.70. The van der Waals surface area contributed by atoms with E-state index in [9.17, 15) is 10.1 Å². The van der Waals surface area contributed by atoms with Gasteiger partial charge in [-0.1, -0.05) is 38.1 Å². The van der Waals surface area contributed by atoms with Crippen molar-refractivity contribution in [3.8, 4) is 29.1 Å². The molecular weight excluding hydrogens is 456 g/mol. The number of fused-ring (bicyclic) bond motifs is 1. The molecule has 4 rings (SSSR count). The van der Waals surface area contributed by atoms with Crippen LogP contribution in [0, 0.1) is 11.3 Å². The molecule has 0 aromatic heterocycles. The van der Waals surface area contributed by atoms with E-state index in [-0.39, 0.29) is 5.88 Å². The van der Waals surface area contributed by atoms with Crippen LogP contribution in [0.15, 0.2) is 78.2 Å². The predicted molar refractivity (Wildman–Crippen MR) is 135 cm³/mol. The summed E-state index contributed by atoms with van der Waals surface area (Å²) in [7, 11) is 0. The number of carbonyl (C=O) groups excluding carboxylic acids is 1. The van der Waals surface area contributed by atoms with E-state index in [2.05, 4.69) is 6.07 Å². The number of hydrogen-bond acceptors (Lipinski definition) is 7. The molecule has 7 heteroatoms. The maximum absolute atomic E-state index is 12.7. The number of benzene rings is 3. The van der Waals surface area contributed by atoms with Crippen LogP contribution in [-0.4, -0.2) is 19.2 Å². The second-order valence-corrected chi connectivity index (χ2v) is 8.27. The molecule has 0 saturated heterocycles. The first kappa shape index (κ1) is 24.7. The van der Waals surface area contributed by atoms with Gasteiger partial charge in [-0.15, -0.1) is 0 Å². The molecule has 0 amide bonds. The fraction of sp³-hybridized carbons (Fsp3) is 0.241. The van der Waals surface area contributed by atoms with Crippen molar-refractivity contribution in [2.45, 2.75) is 32.6 Å². The summed E-state index contributed by atoms with van der Waals surface area (Å²) < 4.78 is 22.9. The van der Waals surface area contributed by atoms with E-state index in [4.69, 9.17) is 24.7 Å². The zero-order chi connectivity index (χ0) is 25.5. The molecule has 0 bridgehead atoms. The summed E-state index contributed by atoms with van der Waals surface area (Å²) in [6, 6.07) is 21.6. The Hall–Kier alpha value is -4.44. The Morgan fingerprint density at radius 1 is 0.944 bits per heavy atom. The van der Waals surface area contributed by atoms with E-state index in [0.717, 1.165) is 24.0 Å². The largest absolute Gasteiger partial charge is 0.494 e. The first-order valence-corrected chi connectivity index (χ1v) is 11.9.